The average molecular weight is 580 g/mol. The number of carbonyl (C=O) groups excluding carboxylic acids is 1. The molecule has 0 saturated carbocycles. The van der Waals surface area contributed by atoms with Gasteiger partial charge in [-0.3, -0.25) is 9.52 Å². The third kappa shape index (κ3) is 6.33. The second kappa shape index (κ2) is 11.1. The van der Waals surface area contributed by atoms with Crippen molar-refractivity contribution in [3.05, 3.63) is 72.3 Å². The first kappa shape index (κ1) is 28.5. The summed E-state index contributed by atoms with van der Waals surface area (Å²) in [6, 6.07) is 13.3. The maximum Gasteiger partial charge on any atom is 0.251 e. The molecule has 0 aliphatic carbocycles. The van der Waals surface area contributed by atoms with Gasteiger partial charge in [-0.05, 0) is 102 Å². The Morgan fingerprint density at radius 1 is 1.05 bits per heavy atom. The van der Waals surface area contributed by atoms with Crippen LogP contribution in [0, 0.1) is 5.82 Å². The topological polar surface area (TPSA) is 121 Å². The zero-order chi connectivity index (χ0) is 29.4. The van der Waals surface area contributed by atoms with Crippen molar-refractivity contribution in [3.63, 3.8) is 0 Å². The van der Waals surface area contributed by atoms with Crippen molar-refractivity contribution < 1.29 is 17.6 Å². The van der Waals surface area contributed by atoms with E-state index in [4.69, 9.17) is 0 Å². The fourth-order valence-electron chi connectivity index (χ4n) is 4.48. The molecule has 2 aromatic carbocycles. The molecule has 0 atom stereocenters. The lowest BCUT2D eigenvalue weighted by molar-refractivity contribution is 0.0917. The van der Waals surface area contributed by atoms with Crippen molar-refractivity contribution in [2.45, 2.75) is 44.4 Å². The quantitative estimate of drug-likeness (QED) is 0.291. The number of nitrogens with one attached hydrogen (secondary N) is 3. The molecule has 1 aliphatic heterocycles. The highest BCUT2D eigenvalue weighted by Crippen LogP contribution is 2.27. The number of sulfonamides is 1. The Morgan fingerprint density at radius 2 is 1.76 bits per heavy atom. The van der Waals surface area contributed by atoms with Crippen molar-refractivity contribution in [1.82, 2.24) is 24.8 Å². The Kier molecular flexibility index (Phi) is 7.71. The zero-order valence-corrected chi connectivity index (χ0v) is 24.3. The summed E-state index contributed by atoms with van der Waals surface area (Å²) < 4.78 is 42.8. The second-order valence-electron chi connectivity index (χ2n) is 11.3. The largest absolute Gasteiger partial charge is 0.349 e. The van der Waals surface area contributed by atoms with Crippen LogP contribution in [0.25, 0.3) is 16.7 Å². The number of hydrogen-bond donors (Lipinski definition) is 3. The number of fused-ring (bicyclic) bond motifs is 1. The minimum atomic E-state index is -3.82. The number of piperidine rings is 1. The molecule has 0 radical (unpaired) electrons. The van der Waals surface area contributed by atoms with E-state index in [1.807, 2.05) is 6.07 Å². The molecule has 0 unspecified atom stereocenters. The number of benzene rings is 2. The summed E-state index contributed by atoms with van der Waals surface area (Å²) in [4.78, 5) is 24.0. The van der Waals surface area contributed by atoms with Gasteiger partial charge in [-0.2, -0.15) is 4.98 Å². The van der Waals surface area contributed by atoms with Gasteiger partial charge >= 0.3 is 0 Å². The molecule has 0 bridgehead atoms. The van der Waals surface area contributed by atoms with Crippen molar-refractivity contribution in [1.29, 1.82) is 0 Å². The van der Waals surface area contributed by atoms with Gasteiger partial charge in [-0.15, -0.1) is 0 Å². The van der Waals surface area contributed by atoms with E-state index in [1.54, 1.807) is 68.1 Å². The van der Waals surface area contributed by atoms with Gasteiger partial charge in [0, 0.05) is 40.8 Å². The Bertz CT molecular complexity index is 1670. The number of amides is 1. The number of halogens is 1. The second-order valence-corrected chi connectivity index (χ2v) is 13.7. The fourth-order valence-corrected chi connectivity index (χ4v) is 5.23. The molecule has 216 valence electrons. The highest BCUT2D eigenvalue weighted by atomic mass is 32.2. The first-order valence-electron chi connectivity index (χ1n) is 13.4. The van der Waals surface area contributed by atoms with Crippen LogP contribution in [-0.2, 0) is 10.0 Å². The smallest absolute Gasteiger partial charge is 0.251 e. The summed E-state index contributed by atoms with van der Waals surface area (Å²) in [7, 11) is -1.74. The van der Waals surface area contributed by atoms with Crippen LogP contribution in [0.3, 0.4) is 0 Å². The van der Waals surface area contributed by atoms with Crippen molar-refractivity contribution in [2.24, 2.45) is 0 Å². The van der Waals surface area contributed by atoms with Gasteiger partial charge < -0.3 is 20.1 Å². The summed E-state index contributed by atoms with van der Waals surface area (Å²) in [5.41, 5.74) is 2.21. The van der Waals surface area contributed by atoms with Crippen LogP contribution in [0.2, 0.25) is 0 Å². The number of nitrogens with zero attached hydrogens (tertiary/aromatic N) is 4. The van der Waals surface area contributed by atoms with Gasteiger partial charge in [0.25, 0.3) is 5.91 Å². The monoisotopic (exact) mass is 579 g/mol. The molecule has 1 amide bonds. The van der Waals surface area contributed by atoms with E-state index in [0.29, 0.717) is 28.5 Å². The maximum absolute atomic E-state index is 14.6. The van der Waals surface area contributed by atoms with Crippen LogP contribution in [-0.4, -0.2) is 64.7 Å². The minimum Gasteiger partial charge on any atom is -0.349 e. The van der Waals surface area contributed by atoms with Gasteiger partial charge in [0.15, 0.2) is 0 Å². The SMILES string of the molecule is CN1CCC(NC(=O)c2ccc(Nc3ncc4ccn(-c5ccc(F)c(NS(=O)(=O)C(C)(C)C)c5)c4n3)cc2)CC1. The fraction of sp³-hybridized carbons (Fsp3) is 0.345. The van der Waals surface area contributed by atoms with Gasteiger partial charge in [-0.25, -0.2) is 17.8 Å². The third-order valence-electron chi connectivity index (χ3n) is 7.16. The predicted octanol–water partition coefficient (Wildman–Crippen LogP) is 4.67. The minimum absolute atomic E-state index is 0.0925. The Labute approximate surface area is 239 Å². The summed E-state index contributed by atoms with van der Waals surface area (Å²) >= 11 is 0. The zero-order valence-electron chi connectivity index (χ0n) is 23.5. The van der Waals surface area contributed by atoms with E-state index in [9.17, 15) is 17.6 Å². The predicted molar refractivity (Wildman–Crippen MR) is 159 cm³/mol. The van der Waals surface area contributed by atoms with E-state index < -0.39 is 20.6 Å². The van der Waals surface area contributed by atoms with Crippen LogP contribution in [0.15, 0.2) is 60.9 Å². The first-order chi connectivity index (χ1) is 19.4. The van der Waals surface area contributed by atoms with E-state index in [-0.39, 0.29) is 17.6 Å². The standard InChI is InChI=1S/C29H34FN7O3S/c1-29(2,3)41(39,40)35-25-17-23(9-10-24(25)30)37-16-11-20-18-31-28(34-26(20)37)33-21-7-5-19(6-8-21)27(38)32-22-12-14-36(4)15-13-22/h5-11,16-18,22,35H,12-15H2,1-4H3,(H,32,38)(H,31,33,34). The molecule has 12 heteroatoms. The molecule has 0 spiro atoms. The molecule has 3 N–H and O–H groups in total. The molecular formula is C29H34FN7O3S. The van der Waals surface area contributed by atoms with Crippen molar-refractivity contribution in [2.75, 3.05) is 30.2 Å². The van der Waals surface area contributed by atoms with E-state index >= 15 is 0 Å². The van der Waals surface area contributed by atoms with Gasteiger partial charge in [0.1, 0.15) is 11.5 Å². The molecule has 3 heterocycles. The van der Waals surface area contributed by atoms with Crippen LogP contribution < -0.4 is 15.4 Å². The van der Waals surface area contributed by atoms with Gasteiger partial charge in [-0.1, -0.05) is 0 Å². The molecule has 2 aromatic heterocycles. The molecule has 1 fully saturated rings. The highest BCUT2D eigenvalue weighted by Gasteiger charge is 2.30. The Hall–Kier alpha value is -4.03. The number of likely N-dealkylation sites (tertiary alicyclic amines) is 1. The first-order valence-corrected chi connectivity index (χ1v) is 14.9. The van der Waals surface area contributed by atoms with Crippen LogP contribution in [0.4, 0.5) is 21.7 Å². The number of anilines is 3. The lowest BCUT2D eigenvalue weighted by atomic mass is 10.0. The molecule has 10 nitrogen and oxygen atoms in total. The summed E-state index contributed by atoms with van der Waals surface area (Å²) in [6.07, 6.45) is 5.30. The lowest BCUT2D eigenvalue weighted by Gasteiger charge is -2.29. The lowest BCUT2D eigenvalue weighted by Crippen LogP contribution is -2.43. The van der Waals surface area contributed by atoms with E-state index in [1.165, 1.54) is 12.1 Å². The van der Waals surface area contributed by atoms with Crippen molar-refractivity contribution >= 4 is 44.3 Å². The molecular weight excluding hydrogens is 545 g/mol. The summed E-state index contributed by atoms with van der Waals surface area (Å²) in [5, 5.41) is 7.02. The van der Waals surface area contributed by atoms with Crippen LogP contribution in [0.5, 0.6) is 0 Å². The molecule has 1 saturated heterocycles. The molecule has 5 rings (SSSR count). The summed E-state index contributed by atoms with van der Waals surface area (Å²) in [5.74, 6) is -0.444. The Morgan fingerprint density at radius 3 is 2.44 bits per heavy atom. The van der Waals surface area contributed by atoms with E-state index in [2.05, 4.69) is 37.3 Å². The summed E-state index contributed by atoms with van der Waals surface area (Å²) in [6.45, 7) is 6.57. The highest BCUT2D eigenvalue weighted by molar-refractivity contribution is 7.94. The Balaban J connectivity index is 1.33. The van der Waals surface area contributed by atoms with E-state index in [0.717, 1.165) is 31.3 Å². The molecule has 4 aromatic rings. The normalized spacial score (nSPS) is 15.1. The van der Waals surface area contributed by atoms with Gasteiger partial charge in [0.2, 0.25) is 16.0 Å². The average Bonchev–Trinajstić information content (AvgIpc) is 3.34. The number of hydrogen-bond acceptors (Lipinski definition) is 7. The molecule has 41 heavy (non-hydrogen) atoms. The van der Waals surface area contributed by atoms with Gasteiger partial charge in [0.05, 0.1) is 10.4 Å². The molecule has 1 aliphatic rings. The van der Waals surface area contributed by atoms with Crippen LogP contribution in [0.1, 0.15) is 44.0 Å². The maximum atomic E-state index is 14.6. The van der Waals surface area contributed by atoms with Crippen LogP contribution >= 0.6 is 0 Å². The number of carbonyl (C=O) groups is 1. The number of rotatable bonds is 7. The number of aromatic nitrogens is 3. The van der Waals surface area contributed by atoms with Crippen molar-refractivity contribution in [3.8, 4) is 5.69 Å². The third-order valence-corrected chi connectivity index (χ3v) is 9.26.